The van der Waals surface area contributed by atoms with Crippen LogP contribution in [0.5, 0.6) is 5.75 Å². The van der Waals surface area contributed by atoms with Crippen molar-refractivity contribution < 1.29 is 28.7 Å². The van der Waals surface area contributed by atoms with Gasteiger partial charge in [0.1, 0.15) is 5.75 Å². The lowest BCUT2D eigenvalue weighted by atomic mass is 10.1. The zero-order valence-corrected chi connectivity index (χ0v) is 19.9. The van der Waals surface area contributed by atoms with E-state index in [4.69, 9.17) is 9.47 Å². The minimum absolute atomic E-state index is 0.0384. The molecule has 3 aromatic carbocycles. The Morgan fingerprint density at radius 1 is 0.917 bits per heavy atom. The average molecular weight is 485 g/mol. The molecule has 0 saturated heterocycles. The third kappa shape index (κ3) is 4.11. The summed E-state index contributed by atoms with van der Waals surface area (Å²) in [5.74, 6) is -1.16. The quantitative estimate of drug-likeness (QED) is 0.391. The lowest BCUT2D eigenvalue weighted by Crippen LogP contribution is -2.47. The SMILES string of the molecule is COC(=O)c1ccc2c(c1)N(Cc1ccc(C)cc1)C(=O)C(CCN1C(=O)c3ccccc3C1=O)O2. The maximum atomic E-state index is 13.6. The largest absolute Gasteiger partial charge is 0.478 e. The molecule has 2 aliphatic rings. The number of ether oxygens (including phenoxy) is 2. The van der Waals surface area contributed by atoms with Crippen LogP contribution < -0.4 is 9.64 Å². The van der Waals surface area contributed by atoms with Crippen LogP contribution in [-0.4, -0.2) is 48.3 Å². The Labute approximate surface area is 208 Å². The molecule has 2 aliphatic heterocycles. The number of hydrogen-bond donors (Lipinski definition) is 0. The highest BCUT2D eigenvalue weighted by Crippen LogP contribution is 2.37. The Balaban J connectivity index is 1.41. The fraction of sp³-hybridized carbons (Fsp3) is 0.214. The third-order valence-electron chi connectivity index (χ3n) is 6.44. The molecule has 1 unspecified atom stereocenters. The first-order valence-electron chi connectivity index (χ1n) is 11.6. The summed E-state index contributed by atoms with van der Waals surface area (Å²) in [5, 5.41) is 0. The number of imide groups is 1. The van der Waals surface area contributed by atoms with E-state index in [1.807, 2.05) is 31.2 Å². The van der Waals surface area contributed by atoms with Gasteiger partial charge in [-0.2, -0.15) is 0 Å². The molecule has 3 amide bonds. The standard InChI is InChI=1S/C28H24N2O6/c1-17-7-9-18(10-8-17)16-30-22-15-19(28(34)35-2)11-12-23(22)36-24(27(30)33)13-14-29-25(31)20-5-3-4-6-21(20)26(29)32/h3-12,15,24H,13-14,16H2,1-2H3. The summed E-state index contributed by atoms with van der Waals surface area (Å²) in [6.07, 6.45) is -0.774. The fourth-order valence-electron chi connectivity index (χ4n) is 4.48. The van der Waals surface area contributed by atoms with E-state index in [2.05, 4.69) is 0 Å². The number of anilines is 1. The Bertz CT molecular complexity index is 1350. The zero-order valence-electron chi connectivity index (χ0n) is 19.9. The summed E-state index contributed by atoms with van der Waals surface area (Å²) in [5.41, 5.74) is 3.48. The molecule has 8 heteroatoms. The highest BCUT2D eigenvalue weighted by molar-refractivity contribution is 6.21. The Morgan fingerprint density at radius 3 is 2.22 bits per heavy atom. The summed E-state index contributed by atoms with van der Waals surface area (Å²) in [7, 11) is 1.29. The van der Waals surface area contributed by atoms with Crippen molar-refractivity contribution in [2.24, 2.45) is 0 Å². The minimum atomic E-state index is -0.906. The number of carbonyl (C=O) groups excluding carboxylic acids is 4. The van der Waals surface area contributed by atoms with E-state index in [1.54, 1.807) is 47.4 Å². The maximum Gasteiger partial charge on any atom is 0.337 e. The number of carbonyl (C=O) groups is 4. The lowest BCUT2D eigenvalue weighted by Gasteiger charge is -2.35. The maximum absolute atomic E-state index is 13.6. The van der Waals surface area contributed by atoms with Gasteiger partial charge >= 0.3 is 5.97 Å². The van der Waals surface area contributed by atoms with E-state index in [0.29, 0.717) is 28.1 Å². The van der Waals surface area contributed by atoms with Crippen molar-refractivity contribution in [1.82, 2.24) is 4.90 Å². The fourth-order valence-corrected chi connectivity index (χ4v) is 4.48. The first-order chi connectivity index (χ1) is 17.4. The van der Waals surface area contributed by atoms with Gasteiger partial charge in [0.15, 0.2) is 6.10 Å². The summed E-state index contributed by atoms with van der Waals surface area (Å²) in [4.78, 5) is 53.9. The highest BCUT2D eigenvalue weighted by Gasteiger charge is 2.39. The Hall–Kier alpha value is -4.46. The smallest absolute Gasteiger partial charge is 0.337 e. The van der Waals surface area contributed by atoms with Crippen LogP contribution in [0.4, 0.5) is 5.69 Å². The Morgan fingerprint density at radius 2 is 1.58 bits per heavy atom. The molecule has 0 radical (unpaired) electrons. The van der Waals surface area contributed by atoms with E-state index in [-0.39, 0.29) is 37.2 Å². The molecule has 182 valence electrons. The third-order valence-corrected chi connectivity index (χ3v) is 6.44. The van der Waals surface area contributed by atoms with Gasteiger partial charge in [0, 0.05) is 13.0 Å². The van der Waals surface area contributed by atoms with Gasteiger partial charge in [-0.3, -0.25) is 19.3 Å². The number of hydrogen-bond acceptors (Lipinski definition) is 6. The van der Waals surface area contributed by atoms with Crippen LogP contribution in [-0.2, 0) is 16.1 Å². The van der Waals surface area contributed by atoms with Gasteiger partial charge in [0.25, 0.3) is 17.7 Å². The predicted octanol–water partition coefficient (Wildman–Crippen LogP) is 3.76. The topological polar surface area (TPSA) is 93.2 Å². The average Bonchev–Trinajstić information content (AvgIpc) is 3.14. The lowest BCUT2D eigenvalue weighted by molar-refractivity contribution is -0.126. The number of aryl methyl sites for hydroxylation is 1. The van der Waals surface area contributed by atoms with E-state index in [1.165, 1.54) is 7.11 Å². The number of amides is 3. The summed E-state index contributed by atoms with van der Waals surface area (Å²) in [6, 6.07) is 19.3. The van der Waals surface area contributed by atoms with Crippen molar-refractivity contribution in [3.05, 3.63) is 94.5 Å². The molecule has 8 nitrogen and oxygen atoms in total. The van der Waals surface area contributed by atoms with Crippen LogP contribution in [0.1, 0.15) is 48.6 Å². The van der Waals surface area contributed by atoms with E-state index in [9.17, 15) is 19.2 Å². The van der Waals surface area contributed by atoms with E-state index < -0.39 is 12.1 Å². The highest BCUT2D eigenvalue weighted by atomic mass is 16.5. The Kier molecular flexibility index (Phi) is 6.01. The van der Waals surface area contributed by atoms with Crippen molar-refractivity contribution in [1.29, 1.82) is 0 Å². The van der Waals surface area contributed by atoms with Crippen molar-refractivity contribution in [2.45, 2.75) is 26.0 Å². The molecule has 3 aromatic rings. The molecule has 36 heavy (non-hydrogen) atoms. The molecule has 0 aromatic heterocycles. The molecule has 0 bridgehead atoms. The van der Waals surface area contributed by atoms with Crippen LogP contribution >= 0.6 is 0 Å². The molecule has 0 aliphatic carbocycles. The second-order valence-electron chi connectivity index (χ2n) is 8.79. The summed E-state index contributed by atoms with van der Waals surface area (Å²) in [6.45, 7) is 2.29. The molecule has 2 heterocycles. The zero-order chi connectivity index (χ0) is 25.4. The summed E-state index contributed by atoms with van der Waals surface area (Å²) < 4.78 is 10.8. The first-order valence-corrected chi connectivity index (χ1v) is 11.6. The van der Waals surface area contributed by atoms with Gasteiger partial charge in [0.05, 0.1) is 36.0 Å². The number of rotatable bonds is 6. The number of nitrogens with zero attached hydrogens (tertiary/aromatic N) is 2. The predicted molar refractivity (Wildman–Crippen MR) is 131 cm³/mol. The van der Waals surface area contributed by atoms with Crippen LogP contribution in [0.15, 0.2) is 66.7 Å². The second-order valence-corrected chi connectivity index (χ2v) is 8.79. The second kappa shape index (κ2) is 9.30. The van der Waals surface area contributed by atoms with E-state index >= 15 is 0 Å². The monoisotopic (exact) mass is 484 g/mol. The molecular weight excluding hydrogens is 460 g/mol. The van der Waals surface area contributed by atoms with Crippen molar-refractivity contribution in [2.75, 3.05) is 18.6 Å². The van der Waals surface area contributed by atoms with Crippen LogP contribution in [0, 0.1) is 6.92 Å². The van der Waals surface area contributed by atoms with Crippen molar-refractivity contribution in [3.8, 4) is 5.75 Å². The number of methoxy groups -OCH3 is 1. The van der Waals surface area contributed by atoms with Gasteiger partial charge in [-0.15, -0.1) is 0 Å². The molecule has 1 atom stereocenters. The van der Waals surface area contributed by atoms with Crippen LogP contribution in [0.3, 0.4) is 0 Å². The summed E-state index contributed by atoms with van der Waals surface area (Å²) >= 11 is 0. The van der Waals surface area contributed by atoms with Crippen LogP contribution in [0.25, 0.3) is 0 Å². The van der Waals surface area contributed by atoms with Crippen molar-refractivity contribution >= 4 is 29.4 Å². The molecule has 0 spiro atoms. The molecule has 0 N–H and O–H groups in total. The van der Waals surface area contributed by atoms with Gasteiger partial charge < -0.3 is 14.4 Å². The molecular formula is C28H24N2O6. The van der Waals surface area contributed by atoms with Crippen molar-refractivity contribution in [3.63, 3.8) is 0 Å². The molecule has 0 fully saturated rings. The van der Waals surface area contributed by atoms with Gasteiger partial charge in [-0.1, -0.05) is 42.0 Å². The molecule has 0 saturated carbocycles. The molecule has 5 rings (SSSR count). The minimum Gasteiger partial charge on any atom is -0.478 e. The van der Waals surface area contributed by atoms with Gasteiger partial charge in [0.2, 0.25) is 0 Å². The normalized spacial score (nSPS) is 16.5. The first kappa shape index (κ1) is 23.3. The number of benzene rings is 3. The van der Waals surface area contributed by atoms with Crippen LogP contribution in [0.2, 0.25) is 0 Å². The van der Waals surface area contributed by atoms with E-state index in [0.717, 1.165) is 16.0 Å². The number of fused-ring (bicyclic) bond motifs is 2. The van der Waals surface area contributed by atoms with Gasteiger partial charge in [-0.25, -0.2) is 4.79 Å². The van der Waals surface area contributed by atoms with Gasteiger partial charge in [-0.05, 0) is 42.8 Å². The number of esters is 1.